The number of nitrogens with zero attached hydrogens (tertiary/aromatic N) is 3. The van der Waals surface area contributed by atoms with Gasteiger partial charge in [-0.1, -0.05) is 12.1 Å². The number of aromatic nitrogens is 2. The summed E-state index contributed by atoms with van der Waals surface area (Å²) < 4.78 is 2.01. The largest absolute Gasteiger partial charge is 0.352 e. The molecule has 2 aliphatic rings. The number of carbonyl (C=O) groups excluding carboxylic acids is 2. The van der Waals surface area contributed by atoms with E-state index in [9.17, 15) is 9.59 Å². The molecule has 6 nitrogen and oxygen atoms in total. The quantitative estimate of drug-likeness (QED) is 0.731. The first kappa shape index (κ1) is 17.9. The average Bonchev–Trinajstić information content (AvgIpc) is 3.33. The van der Waals surface area contributed by atoms with Crippen LogP contribution in [0.15, 0.2) is 48.9 Å². The minimum absolute atomic E-state index is 0.0879. The van der Waals surface area contributed by atoms with Crippen LogP contribution >= 0.6 is 0 Å². The van der Waals surface area contributed by atoms with Crippen molar-refractivity contribution < 1.29 is 9.59 Å². The third-order valence-electron chi connectivity index (χ3n) is 5.93. The zero-order valence-electron chi connectivity index (χ0n) is 16.5. The summed E-state index contributed by atoms with van der Waals surface area (Å²) in [4.78, 5) is 30.9. The highest BCUT2D eigenvalue weighted by molar-refractivity contribution is 5.94. The summed E-state index contributed by atoms with van der Waals surface area (Å²) in [5.41, 5.74) is 4.85. The molecular formula is C23H24N4O2. The van der Waals surface area contributed by atoms with Gasteiger partial charge in [0.1, 0.15) is 5.65 Å². The van der Waals surface area contributed by atoms with Crippen LogP contribution in [0.3, 0.4) is 0 Å². The molecule has 29 heavy (non-hydrogen) atoms. The van der Waals surface area contributed by atoms with Gasteiger partial charge in [0.2, 0.25) is 5.91 Å². The number of carbonyl (C=O) groups is 2. The second-order valence-electron chi connectivity index (χ2n) is 8.20. The van der Waals surface area contributed by atoms with E-state index in [-0.39, 0.29) is 17.7 Å². The molecule has 2 fully saturated rings. The lowest BCUT2D eigenvalue weighted by atomic mass is 10.0. The predicted octanol–water partition coefficient (Wildman–Crippen LogP) is 3.05. The molecule has 1 aromatic carbocycles. The average molecular weight is 388 g/mol. The predicted molar refractivity (Wildman–Crippen MR) is 111 cm³/mol. The van der Waals surface area contributed by atoms with Crippen molar-refractivity contribution in [1.82, 2.24) is 19.6 Å². The van der Waals surface area contributed by atoms with E-state index < -0.39 is 0 Å². The van der Waals surface area contributed by atoms with Crippen molar-refractivity contribution in [3.8, 4) is 11.1 Å². The molecule has 0 bridgehead atoms. The van der Waals surface area contributed by atoms with Gasteiger partial charge in [0.05, 0.1) is 0 Å². The summed E-state index contributed by atoms with van der Waals surface area (Å²) in [6, 6.07) is 10.2. The van der Waals surface area contributed by atoms with Crippen molar-refractivity contribution in [1.29, 1.82) is 0 Å². The number of nitrogens with one attached hydrogen (secondary N) is 1. The smallest absolute Gasteiger partial charge is 0.251 e. The van der Waals surface area contributed by atoms with Crippen LogP contribution in [0.4, 0.5) is 0 Å². The minimum atomic E-state index is -0.0879. The first-order valence-electron chi connectivity index (χ1n) is 10.2. The van der Waals surface area contributed by atoms with Gasteiger partial charge in [0.15, 0.2) is 0 Å². The molecule has 1 aliphatic heterocycles. The molecule has 2 amide bonds. The molecule has 1 N–H and O–H groups in total. The summed E-state index contributed by atoms with van der Waals surface area (Å²) in [5, 5.41) is 3.00. The van der Waals surface area contributed by atoms with E-state index in [1.54, 1.807) is 6.20 Å². The van der Waals surface area contributed by atoms with Crippen molar-refractivity contribution in [2.45, 2.75) is 32.2 Å². The van der Waals surface area contributed by atoms with Gasteiger partial charge in [-0.25, -0.2) is 4.98 Å². The molecule has 6 heteroatoms. The topological polar surface area (TPSA) is 66.7 Å². The molecule has 148 valence electrons. The van der Waals surface area contributed by atoms with Gasteiger partial charge in [0.25, 0.3) is 5.91 Å². The number of aryl methyl sites for hydroxylation is 1. The van der Waals surface area contributed by atoms with Crippen molar-refractivity contribution >= 4 is 17.5 Å². The van der Waals surface area contributed by atoms with E-state index in [2.05, 4.69) is 16.4 Å². The number of rotatable bonds is 5. The highest BCUT2D eigenvalue weighted by atomic mass is 16.2. The molecular weight excluding hydrogens is 364 g/mol. The number of hydrogen-bond acceptors (Lipinski definition) is 3. The van der Waals surface area contributed by atoms with Crippen LogP contribution in [0, 0.1) is 12.8 Å². The number of likely N-dealkylation sites (tertiary alicyclic amines) is 1. The fourth-order valence-electron chi connectivity index (χ4n) is 4.20. The van der Waals surface area contributed by atoms with Crippen LogP contribution in [0.25, 0.3) is 16.8 Å². The Morgan fingerprint density at radius 1 is 1.21 bits per heavy atom. The number of hydrogen-bond donors (Lipinski definition) is 1. The molecule has 0 spiro atoms. The normalized spacial score (nSPS) is 19.1. The van der Waals surface area contributed by atoms with E-state index in [1.807, 2.05) is 52.9 Å². The fraction of sp³-hybridized carbons (Fsp3) is 0.348. The Hall–Kier alpha value is -3.15. The maximum atomic E-state index is 12.5. The Morgan fingerprint density at radius 2 is 2.00 bits per heavy atom. The molecule has 1 saturated carbocycles. The lowest BCUT2D eigenvalue weighted by Crippen LogP contribution is -2.32. The SMILES string of the molecule is Cc1cc(-c2ccc(C(=O)NC[C@@H]3CC(=O)N(C4CC4)C3)cc2)cn2ccnc12. The number of benzene rings is 1. The summed E-state index contributed by atoms with van der Waals surface area (Å²) >= 11 is 0. The number of pyridine rings is 1. The summed E-state index contributed by atoms with van der Waals surface area (Å²) in [7, 11) is 0. The van der Waals surface area contributed by atoms with Crippen LogP contribution in [-0.4, -0.2) is 45.2 Å². The zero-order chi connectivity index (χ0) is 20.0. The standard InChI is InChI=1S/C23H24N4O2/c1-15-10-19(14-26-9-8-24-22(15)26)17-2-4-18(5-3-17)23(29)25-12-16-11-21(28)27(13-16)20-6-7-20/h2-5,8-10,14,16,20H,6-7,11-13H2,1H3,(H,25,29)/t16-/m0/s1. The van der Waals surface area contributed by atoms with Crippen LogP contribution in [0.1, 0.15) is 35.2 Å². The van der Waals surface area contributed by atoms with E-state index >= 15 is 0 Å². The monoisotopic (exact) mass is 388 g/mol. The van der Waals surface area contributed by atoms with Crippen molar-refractivity contribution in [3.63, 3.8) is 0 Å². The Morgan fingerprint density at radius 3 is 2.76 bits per heavy atom. The Kier molecular flexibility index (Phi) is 4.34. The second kappa shape index (κ2) is 7.03. The third kappa shape index (κ3) is 3.50. The van der Waals surface area contributed by atoms with Gasteiger partial charge in [-0.15, -0.1) is 0 Å². The van der Waals surface area contributed by atoms with E-state index in [4.69, 9.17) is 0 Å². The maximum absolute atomic E-state index is 12.5. The molecule has 2 aromatic heterocycles. The highest BCUT2D eigenvalue weighted by Gasteiger charge is 2.39. The van der Waals surface area contributed by atoms with E-state index in [0.29, 0.717) is 24.6 Å². The molecule has 0 radical (unpaired) electrons. The first-order valence-corrected chi connectivity index (χ1v) is 10.2. The molecule has 5 rings (SSSR count). The Balaban J connectivity index is 1.23. The van der Waals surface area contributed by atoms with Crippen LogP contribution in [-0.2, 0) is 4.79 Å². The van der Waals surface area contributed by atoms with E-state index in [0.717, 1.165) is 41.7 Å². The second-order valence-corrected chi connectivity index (χ2v) is 8.20. The van der Waals surface area contributed by atoms with Crippen LogP contribution in [0.2, 0.25) is 0 Å². The Labute approximate surface area is 169 Å². The van der Waals surface area contributed by atoms with Crippen molar-refractivity contribution in [2.24, 2.45) is 5.92 Å². The van der Waals surface area contributed by atoms with Gasteiger partial charge in [-0.05, 0) is 54.7 Å². The Bertz CT molecular complexity index is 1080. The zero-order valence-corrected chi connectivity index (χ0v) is 16.5. The maximum Gasteiger partial charge on any atom is 0.251 e. The lowest BCUT2D eigenvalue weighted by Gasteiger charge is -2.15. The number of amides is 2. The number of imidazole rings is 1. The summed E-state index contributed by atoms with van der Waals surface area (Å²) in [6.45, 7) is 3.37. The van der Waals surface area contributed by atoms with Gasteiger partial charge < -0.3 is 14.6 Å². The molecule has 3 heterocycles. The molecule has 0 unspecified atom stereocenters. The minimum Gasteiger partial charge on any atom is -0.352 e. The van der Waals surface area contributed by atoms with Gasteiger partial charge >= 0.3 is 0 Å². The lowest BCUT2D eigenvalue weighted by molar-refractivity contribution is -0.128. The molecule has 1 aliphatic carbocycles. The molecule has 1 atom stereocenters. The number of fused-ring (bicyclic) bond motifs is 1. The fourth-order valence-corrected chi connectivity index (χ4v) is 4.20. The molecule has 3 aromatic rings. The van der Waals surface area contributed by atoms with Gasteiger partial charge in [-0.3, -0.25) is 9.59 Å². The van der Waals surface area contributed by atoms with Crippen LogP contribution in [0.5, 0.6) is 0 Å². The molecule has 1 saturated heterocycles. The third-order valence-corrected chi connectivity index (χ3v) is 5.93. The summed E-state index contributed by atoms with van der Waals surface area (Å²) in [6.07, 6.45) is 8.58. The van der Waals surface area contributed by atoms with Crippen LogP contribution < -0.4 is 5.32 Å². The van der Waals surface area contributed by atoms with E-state index in [1.165, 1.54) is 0 Å². The van der Waals surface area contributed by atoms with Gasteiger partial charge in [0, 0.05) is 55.6 Å². The van der Waals surface area contributed by atoms with Gasteiger partial charge in [-0.2, -0.15) is 0 Å². The van der Waals surface area contributed by atoms with Crippen molar-refractivity contribution in [3.05, 3.63) is 60.0 Å². The highest BCUT2D eigenvalue weighted by Crippen LogP contribution is 2.32. The summed E-state index contributed by atoms with van der Waals surface area (Å²) in [5.74, 6) is 0.368. The van der Waals surface area contributed by atoms with Crippen molar-refractivity contribution in [2.75, 3.05) is 13.1 Å². The first-order chi connectivity index (χ1) is 14.1.